The zero-order chi connectivity index (χ0) is 20.9. The monoisotopic (exact) mass is 404 g/mol. The summed E-state index contributed by atoms with van der Waals surface area (Å²) in [5.74, 6) is 0.345. The molecule has 0 aliphatic carbocycles. The van der Waals surface area contributed by atoms with Crippen molar-refractivity contribution in [3.05, 3.63) is 72.1 Å². The summed E-state index contributed by atoms with van der Waals surface area (Å²) < 4.78 is 5.69. The average Bonchev–Trinajstić information content (AvgIpc) is 3.29. The molecule has 0 bridgehead atoms. The molecule has 0 unspecified atom stereocenters. The van der Waals surface area contributed by atoms with Gasteiger partial charge in [-0.15, -0.1) is 0 Å². The maximum atomic E-state index is 12.5. The van der Waals surface area contributed by atoms with E-state index in [0.29, 0.717) is 18.8 Å². The number of likely N-dealkylation sites (tertiary alicyclic amines) is 1. The van der Waals surface area contributed by atoms with E-state index in [1.807, 2.05) is 47.4 Å². The summed E-state index contributed by atoms with van der Waals surface area (Å²) in [4.78, 5) is 25.5. The minimum absolute atomic E-state index is 0.0191. The highest BCUT2D eigenvalue weighted by atomic mass is 16.5. The number of H-pyrrole nitrogens is 1. The number of hydrogen-bond donors (Lipinski definition) is 2. The van der Waals surface area contributed by atoms with Gasteiger partial charge in [-0.1, -0.05) is 42.5 Å². The summed E-state index contributed by atoms with van der Waals surface area (Å²) in [6.45, 7) is 1.31. The van der Waals surface area contributed by atoms with E-state index in [2.05, 4.69) is 22.3 Å². The van der Waals surface area contributed by atoms with E-state index in [1.54, 1.807) is 6.07 Å². The molecule has 0 radical (unpaired) electrons. The van der Waals surface area contributed by atoms with Crippen LogP contribution in [0, 0.1) is 0 Å². The number of piperidine rings is 1. The van der Waals surface area contributed by atoms with Crippen LogP contribution in [0.4, 0.5) is 0 Å². The Balaban J connectivity index is 1.26. The number of carbonyl (C=O) groups is 2. The zero-order valence-electron chi connectivity index (χ0n) is 16.6. The molecule has 2 amide bonds. The van der Waals surface area contributed by atoms with Crippen LogP contribution in [0.15, 0.2) is 60.7 Å². The van der Waals surface area contributed by atoms with Gasteiger partial charge in [-0.2, -0.15) is 5.10 Å². The van der Waals surface area contributed by atoms with Crippen LogP contribution in [0.1, 0.15) is 34.9 Å². The highest BCUT2D eigenvalue weighted by Gasteiger charge is 2.25. The maximum Gasteiger partial charge on any atom is 0.269 e. The second-order valence-electron chi connectivity index (χ2n) is 7.41. The van der Waals surface area contributed by atoms with E-state index < -0.39 is 5.91 Å². The van der Waals surface area contributed by atoms with E-state index in [-0.39, 0.29) is 24.1 Å². The van der Waals surface area contributed by atoms with E-state index in [4.69, 9.17) is 10.5 Å². The van der Waals surface area contributed by atoms with Gasteiger partial charge in [0, 0.05) is 24.7 Å². The smallest absolute Gasteiger partial charge is 0.269 e. The van der Waals surface area contributed by atoms with Gasteiger partial charge in [0.15, 0.2) is 6.61 Å². The molecule has 7 heteroatoms. The third-order valence-electron chi connectivity index (χ3n) is 5.46. The van der Waals surface area contributed by atoms with Gasteiger partial charge < -0.3 is 15.4 Å². The van der Waals surface area contributed by atoms with Crippen molar-refractivity contribution in [3.63, 3.8) is 0 Å². The normalized spacial score (nSPS) is 14.5. The number of benzene rings is 2. The summed E-state index contributed by atoms with van der Waals surface area (Å²) in [5.41, 5.74) is 8.64. The molecular formula is C23H24N4O3. The average molecular weight is 404 g/mol. The van der Waals surface area contributed by atoms with Crippen LogP contribution in [0.3, 0.4) is 0 Å². The lowest BCUT2D eigenvalue weighted by molar-refractivity contribution is -0.134. The Morgan fingerprint density at radius 2 is 1.70 bits per heavy atom. The molecule has 1 aromatic heterocycles. The fraction of sp³-hybridized carbons (Fsp3) is 0.261. The van der Waals surface area contributed by atoms with Gasteiger partial charge in [0.25, 0.3) is 11.8 Å². The van der Waals surface area contributed by atoms with Crippen molar-refractivity contribution in [2.24, 2.45) is 5.73 Å². The summed E-state index contributed by atoms with van der Waals surface area (Å²) in [5, 5.41) is 6.82. The van der Waals surface area contributed by atoms with Crippen molar-refractivity contribution in [1.29, 1.82) is 0 Å². The predicted molar refractivity (Wildman–Crippen MR) is 113 cm³/mol. The van der Waals surface area contributed by atoms with Crippen molar-refractivity contribution in [3.8, 4) is 16.9 Å². The van der Waals surface area contributed by atoms with Crippen molar-refractivity contribution >= 4 is 11.8 Å². The number of amides is 2. The van der Waals surface area contributed by atoms with Crippen LogP contribution in [-0.2, 0) is 4.79 Å². The SMILES string of the molecule is NC(=O)c1cc(C2CCN(C(=O)COc3ccc(-c4ccccc4)cc3)CC2)[nH]n1. The van der Waals surface area contributed by atoms with E-state index >= 15 is 0 Å². The quantitative estimate of drug-likeness (QED) is 0.659. The zero-order valence-corrected chi connectivity index (χ0v) is 16.6. The molecule has 0 atom stereocenters. The van der Waals surface area contributed by atoms with Gasteiger partial charge in [-0.05, 0) is 42.2 Å². The summed E-state index contributed by atoms with van der Waals surface area (Å²) in [6.07, 6.45) is 1.61. The molecule has 3 aromatic rings. The van der Waals surface area contributed by atoms with Gasteiger partial charge in [0.05, 0.1) is 0 Å². The number of ether oxygens (including phenoxy) is 1. The van der Waals surface area contributed by atoms with E-state index in [1.165, 1.54) is 0 Å². The van der Waals surface area contributed by atoms with Gasteiger partial charge in [0.1, 0.15) is 11.4 Å². The Morgan fingerprint density at radius 1 is 1.03 bits per heavy atom. The molecule has 1 aliphatic heterocycles. The first-order valence-electron chi connectivity index (χ1n) is 10.0. The molecule has 1 aliphatic rings. The number of nitrogens with two attached hydrogens (primary N) is 1. The lowest BCUT2D eigenvalue weighted by Gasteiger charge is -2.31. The highest BCUT2D eigenvalue weighted by Crippen LogP contribution is 2.27. The Hall–Kier alpha value is -3.61. The number of aromatic amines is 1. The number of aromatic nitrogens is 2. The first-order chi connectivity index (χ1) is 14.6. The second kappa shape index (κ2) is 8.82. The second-order valence-corrected chi connectivity index (χ2v) is 7.41. The molecule has 154 valence electrons. The van der Waals surface area contributed by atoms with Gasteiger partial charge >= 0.3 is 0 Å². The lowest BCUT2D eigenvalue weighted by atomic mass is 9.93. The largest absolute Gasteiger partial charge is 0.484 e. The first kappa shape index (κ1) is 19.7. The van der Waals surface area contributed by atoms with Crippen LogP contribution >= 0.6 is 0 Å². The fourth-order valence-corrected chi connectivity index (χ4v) is 3.72. The fourth-order valence-electron chi connectivity index (χ4n) is 3.72. The molecule has 0 spiro atoms. The minimum Gasteiger partial charge on any atom is -0.484 e. The molecule has 0 saturated carbocycles. The number of nitrogens with one attached hydrogen (secondary N) is 1. The first-order valence-corrected chi connectivity index (χ1v) is 10.0. The Bertz CT molecular complexity index is 1010. The maximum absolute atomic E-state index is 12.5. The molecule has 7 nitrogen and oxygen atoms in total. The van der Waals surface area contributed by atoms with E-state index in [0.717, 1.165) is 29.7 Å². The summed E-state index contributed by atoms with van der Waals surface area (Å²) >= 11 is 0. The Morgan fingerprint density at radius 3 is 2.33 bits per heavy atom. The molecule has 1 fully saturated rings. The summed E-state index contributed by atoms with van der Waals surface area (Å²) in [6, 6.07) is 19.6. The number of carbonyl (C=O) groups excluding carboxylic acids is 2. The van der Waals surface area contributed by atoms with Crippen LogP contribution in [0.5, 0.6) is 5.75 Å². The predicted octanol–water partition coefficient (Wildman–Crippen LogP) is 2.96. The number of primary amides is 1. The van der Waals surface area contributed by atoms with Crippen LogP contribution in [0.25, 0.3) is 11.1 Å². The molecule has 1 saturated heterocycles. The molecular weight excluding hydrogens is 380 g/mol. The van der Waals surface area contributed by atoms with E-state index in [9.17, 15) is 9.59 Å². The van der Waals surface area contributed by atoms with Gasteiger partial charge in [-0.3, -0.25) is 14.7 Å². The molecule has 2 aromatic carbocycles. The lowest BCUT2D eigenvalue weighted by Crippen LogP contribution is -2.40. The van der Waals surface area contributed by atoms with Crippen LogP contribution in [0.2, 0.25) is 0 Å². The van der Waals surface area contributed by atoms with Crippen molar-refractivity contribution in [2.75, 3.05) is 19.7 Å². The molecule has 30 heavy (non-hydrogen) atoms. The minimum atomic E-state index is -0.543. The van der Waals surface area contributed by atoms with Crippen molar-refractivity contribution in [2.45, 2.75) is 18.8 Å². The van der Waals surface area contributed by atoms with Gasteiger partial charge in [-0.25, -0.2) is 0 Å². The van der Waals surface area contributed by atoms with Crippen LogP contribution in [-0.4, -0.2) is 46.6 Å². The molecule has 3 N–H and O–H groups in total. The molecule has 2 heterocycles. The number of hydrogen-bond acceptors (Lipinski definition) is 4. The highest BCUT2D eigenvalue weighted by molar-refractivity contribution is 5.90. The molecule has 4 rings (SSSR count). The third-order valence-corrected chi connectivity index (χ3v) is 5.46. The van der Waals surface area contributed by atoms with Crippen molar-refractivity contribution in [1.82, 2.24) is 15.1 Å². The number of rotatable bonds is 6. The number of nitrogens with zero attached hydrogens (tertiary/aromatic N) is 2. The Kier molecular flexibility index (Phi) is 5.79. The summed E-state index contributed by atoms with van der Waals surface area (Å²) in [7, 11) is 0. The van der Waals surface area contributed by atoms with Gasteiger partial charge in [0.2, 0.25) is 0 Å². The topological polar surface area (TPSA) is 101 Å². The standard InChI is InChI=1S/C23H24N4O3/c24-23(29)21-14-20(25-26-21)18-10-12-27(13-11-18)22(28)15-30-19-8-6-17(7-9-19)16-4-2-1-3-5-16/h1-9,14,18H,10-13,15H2,(H2,24,29)(H,25,26). The Labute approximate surface area is 174 Å². The third kappa shape index (κ3) is 4.51. The van der Waals surface area contributed by atoms with Crippen molar-refractivity contribution < 1.29 is 14.3 Å². The van der Waals surface area contributed by atoms with Crippen LogP contribution < -0.4 is 10.5 Å².